The van der Waals surface area contributed by atoms with E-state index in [-0.39, 0.29) is 29.9 Å². The molecule has 0 saturated carbocycles. The molecular formula is C34H38N4O5. The van der Waals surface area contributed by atoms with Gasteiger partial charge in [-0.05, 0) is 87.1 Å². The lowest BCUT2D eigenvalue weighted by molar-refractivity contribution is -0.136. The molecular weight excluding hydrogens is 544 g/mol. The van der Waals surface area contributed by atoms with Crippen LogP contribution >= 0.6 is 0 Å². The van der Waals surface area contributed by atoms with Gasteiger partial charge in [0.25, 0.3) is 5.91 Å². The smallest absolute Gasteiger partial charge is 0.255 e. The van der Waals surface area contributed by atoms with E-state index in [1.807, 2.05) is 12.1 Å². The average molecular weight is 583 g/mol. The molecule has 0 radical (unpaired) electrons. The molecule has 224 valence electrons. The zero-order valence-electron chi connectivity index (χ0n) is 24.8. The maximum Gasteiger partial charge on any atom is 0.255 e. The average Bonchev–Trinajstić information content (AvgIpc) is 3.55. The van der Waals surface area contributed by atoms with Crippen molar-refractivity contribution in [2.24, 2.45) is 0 Å². The van der Waals surface area contributed by atoms with Gasteiger partial charge in [0, 0.05) is 61.8 Å². The Kier molecular flexibility index (Phi) is 7.18. The van der Waals surface area contributed by atoms with Gasteiger partial charge in [-0.25, -0.2) is 0 Å². The van der Waals surface area contributed by atoms with E-state index in [2.05, 4.69) is 54.4 Å². The van der Waals surface area contributed by atoms with Crippen molar-refractivity contribution in [2.75, 3.05) is 19.7 Å². The molecule has 0 spiro atoms. The molecule has 3 fully saturated rings. The minimum absolute atomic E-state index is 0.0646. The molecule has 0 aliphatic carbocycles. The summed E-state index contributed by atoms with van der Waals surface area (Å²) < 4.78 is 12.3. The number of piperidine rings is 1. The largest absolute Gasteiger partial charge is 0.489 e. The van der Waals surface area contributed by atoms with Crippen molar-refractivity contribution in [3.8, 4) is 5.75 Å². The molecule has 5 heterocycles. The van der Waals surface area contributed by atoms with E-state index in [1.54, 1.807) is 11.0 Å². The maximum absolute atomic E-state index is 13.0. The van der Waals surface area contributed by atoms with E-state index in [9.17, 15) is 14.4 Å². The molecule has 3 amide bonds. The number of likely N-dealkylation sites (tertiary alicyclic amines) is 1. The van der Waals surface area contributed by atoms with Crippen LogP contribution in [0.1, 0.15) is 79.0 Å². The third-order valence-corrected chi connectivity index (χ3v) is 9.32. The monoisotopic (exact) mass is 582 g/mol. The Balaban J connectivity index is 0.957. The van der Waals surface area contributed by atoms with E-state index < -0.39 is 11.9 Å². The minimum Gasteiger partial charge on any atom is -0.489 e. The van der Waals surface area contributed by atoms with Crippen LogP contribution in [0.25, 0.3) is 10.9 Å². The highest BCUT2D eigenvalue weighted by atomic mass is 16.5. The van der Waals surface area contributed by atoms with Gasteiger partial charge in [0.2, 0.25) is 11.8 Å². The second-order valence-corrected chi connectivity index (χ2v) is 13.0. The molecule has 1 aromatic heterocycles. The van der Waals surface area contributed by atoms with E-state index in [0.29, 0.717) is 24.4 Å². The summed E-state index contributed by atoms with van der Waals surface area (Å²) in [5, 5.41) is 3.52. The van der Waals surface area contributed by atoms with Crippen LogP contribution in [0.3, 0.4) is 0 Å². The first-order valence-corrected chi connectivity index (χ1v) is 15.4. The normalized spacial score (nSPS) is 25.7. The highest BCUT2D eigenvalue weighted by molar-refractivity contribution is 6.05. The van der Waals surface area contributed by atoms with Gasteiger partial charge >= 0.3 is 0 Å². The Bertz CT molecular complexity index is 1600. The summed E-state index contributed by atoms with van der Waals surface area (Å²) in [5.41, 5.74) is 4.82. The minimum atomic E-state index is -0.613. The summed E-state index contributed by atoms with van der Waals surface area (Å²) in [5.74, 6) is 0.325. The Morgan fingerprint density at radius 3 is 2.77 bits per heavy atom. The Morgan fingerprint density at radius 2 is 1.93 bits per heavy atom. The number of fused-ring (bicyclic) bond motifs is 2. The van der Waals surface area contributed by atoms with E-state index in [1.165, 1.54) is 10.9 Å². The van der Waals surface area contributed by atoms with Crippen molar-refractivity contribution in [1.29, 1.82) is 0 Å². The molecule has 2 aromatic carbocycles. The molecule has 0 unspecified atom stereocenters. The predicted molar refractivity (Wildman–Crippen MR) is 161 cm³/mol. The zero-order valence-corrected chi connectivity index (χ0v) is 24.8. The topological polar surface area (TPSA) is 101 Å². The quantitative estimate of drug-likeness (QED) is 0.432. The predicted octanol–water partition coefficient (Wildman–Crippen LogP) is 4.32. The lowest BCUT2D eigenvalue weighted by Gasteiger charge is -2.35. The summed E-state index contributed by atoms with van der Waals surface area (Å²) in [6, 6.07) is 15.9. The van der Waals surface area contributed by atoms with Crippen molar-refractivity contribution in [3.05, 3.63) is 70.9 Å². The number of hydrogen-bond donors (Lipinski definition) is 1. The van der Waals surface area contributed by atoms with Gasteiger partial charge in [-0.1, -0.05) is 12.1 Å². The maximum atomic E-state index is 13.0. The summed E-state index contributed by atoms with van der Waals surface area (Å²) in [6.07, 6.45) is 3.60. The van der Waals surface area contributed by atoms with Crippen molar-refractivity contribution >= 4 is 28.6 Å². The van der Waals surface area contributed by atoms with Crippen LogP contribution in [0.15, 0.2) is 48.5 Å². The Hall–Kier alpha value is -3.82. The zero-order chi connectivity index (χ0) is 29.7. The Labute approximate surface area is 251 Å². The molecule has 9 nitrogen and oxygen atoms in total. The summed E-state index contributed by atoms with van der Waals surface area (Å²) in [7, 11) is 0. The van der Waals surface area contributed by atoms with E-state index in [0.717, 1.165) is 68.0 Å². The third-order valence-electron chi connectivity index (χ3n) is 9.32. The van der Waals surface area contributed by atoms with Crippen LogP contribution in [-0.2, 0) is 27.4 Å². The Morgan fingerprint density at radius 1 is 1.05 bits per heavy atom. The second-order valence-electron chi connectivity index (χ2n) is 13.0. The molecule has 3 atom stereocenters. The van der Waals surface area contributed by atoms with Gasteiger partial charge in [0.1, 0.15) is 17.9 Å². The van der Waals surface area contributed by atoms with Gasteiger partial charge in [-0.2, -0.15) is 0 Å². The fourth-order valence-corrected chi connectivity index (χ4v) is 7.11. The molecule has 0 bridgehead atoms. The van der Waals surface area contributed by atoms with Crippen LogP contribution in [0.2, 0.25) is 0 Å². The number of amides is 3. The van der Waals surface area contributed by atoms with Gasteiger partial charge < -0.3 is 14.4 Å². The number of rotatable bonds is 6. The van der Waals surface area contributed by atoms with Crippen molar-refractivity contribution in [1.82, 2.24) is 20.1 Å². The number of carbonyl (C=O) groups excluding carboxylic acids is 3. The fraction of sp³-hybridized carbons (Fsp3) is 0.471. The van der Waals surface area contributed by atoms with Gasteiger partial charge in [-0.3, -0.25) is 29.6 Å². The van der Waals surface area contributed by atoms with Gasteiger partial charge in [0.15, 0.2) is 0 Å². The van der Waals surface area contributed by atoms with Gasteiger partial charge in [-0.15, -0.1) is 0 Å². The number of nitrogens with one attached hydrogen (secondary N) is 1. The standard InChI is InChI=1S/C34H38N4O5/c1-34(2)17-23(12-14-42-34)29-8-4-22-15-21(3-7-28(22)35-29)18-37-13-11-26(20-37)43-25-5-6-27-24(16-25)19-38(33(27)41)30-9-10-31(39)36-32(30)40/h3-8,15-16,23,26,30H,9-14,17-20H2,1-2H3,(H,36,39,40)/t23-,26+,30-/m1/s1. The fourth-order valence-electron chi connectivity index (χ4n) is 7.11. The molecule has 4 aliphatic rings. The molecule has 3 saturated heterocycles. The summed E-state index contributed by atoms with van der Waals surface area (Å²) in [6.45, 7) is 8.08. The van der Waals surface area contributed by atoms with E-state index >= 15 is 0 Å². The summed E-state index contributed by atoms with van der Waals surface area (Å²) >= 11 is 0. The first-order valence-electron chi connectivity index (χ1n) is 15.4. The van der Waals surface area contributed by atoms with Crippen molar-refractivity contribution in [3.63, 3.8) is 0 Å². The first-order chi connectivity index (χ1) is 20.7. The summed E-state index contributed by atoms with van der Waals surface area (Å²) in [4.78, 5) is 45.9. The number of hydrogen-bond acceptors (Lipinski definition) is 7. The molecule has 1 N–H and O–H groups in total. The lowest BCUT2D eigenvalue weighted by atomic mass is 9.86. The second kappa shape index (κ2) is 11.0. The van der Waals surface area contributed by atoms with Crippen LogP contribution in [0.4, 0.5) is 0 Å². The SMILES string of the molecule is CC1(C)C[C@H](c2ccc3cc(CN4CC[C@H](Oc5ccc6c(c5)CN([C@@H]5CCC(=O)NC5=O)C6=O)C4)ccc3n2)CCO1. The van der Waals surface area contributed by atoms with Crippen molar-refractivity contribution < 1.29 is 23.9 Å². The highest BCUT2D eigenvalue weighted by Gasteiger charge is 2.39. The van der Waals surface area contributed by atoms with Crippen molar-refractivity contribution in [2.45, 2.75) is 82.7 Å². The molecule has 43 heavy (non-hydrogen) atoms. The highest BCUT2D eigenvalue weighted by Crippen LogP contribution is 2.36. The van der Waals surface area contributed by atoms with Gasteiger partial charge in [0.05, 0.1) is 11.1 Å². The molecule has 7 rings (SSSR count). The molecule has 3 aromatic rings. The first kappa shape index (κ1) is 28.0. The number of aromatic nitrogens is 1. The van der Waals surface area contributed by atoms with Crippen LogP contribution in [-0.4, -0.2) is 69.9 Å². The van der Waals surface area contributed by atoms with Crippen LogP contribution in [0, 0.1) is 0 Å². The third kappa shape index (κ3) is 5.76. The number of benzene rings is 2. The van der Waals surface area contributed by atoms with Crippen LogP contribution in [0.5, 0.6) is 5.75 Å². The molecule has 9 heteroatoms. The number of imide groups is 1. The number of pyridine rings is 1. The number of carbonyl (C=O) groups is 3. The number of nitrogens with zero attached hydrogens (tertiary/aromatic N) is 3. The van der Waals surface area contributed by atoms with E-state index in [4.69, 9.17) is 14.5 Å². The lowest BCUT2D eigenvalue weighted by Crippen LogP contribution is -2.52. The molecule has 4 aliphatic heterocycles. The van der Waals surface area contributed by atoms with Crippen LogP contribution < -0.4 is 10.1 Å². The number of ether oxygens (including phenoxy) is 2.